The van der Waals surface area contributed by atoms with Crippen LogP contribution in [0.25, 0.3) is 10.9 Å². The lowest BCUT2D eigenvalue weighted by atomic mass is 10.2. The minimum atomic E-state index is -3.07. The van der Waals surface area contributed by atoms with Crippen LogP contribution in [0.15, 0.2) is 24.3 Å². The van der Waals surface area contributed by atoms with Gasteiger partial charge in [-0.2, -0.15) is 0 Å². The van der Waals surface area contributed by atoms with E-state index in [1.165, 1.54) is 18.4 Å². The largest absolute Gasteiger partial charge is 0.347 e. The third kappa shape index (κ3) is 2.09. The van der Waals surface area contributed by atoms with Gasteiger partial charge in [0.15, 0.2) is 9.84 Å². The number of aryl methyl sites for hydroxylation is 1. The zero-order valence-electron chi connectivity index (χ0n) is 9.07. The average molecular weight is 241 g/mol. The van der Waals surface area contributed by atoms with E-state index in [2.05, 4.69) is 0 Å². The van der Waals surface area contributed by atoms with E-state index in [-0.39, 0.29) is 11.6 Å². The summed E-state index contributed by atoms with van der Waals surface area (Å²) in [5, 5.41) is 0.723. The van der Waals surface area contributed by atoms with E-state index in [0.717, 1.165) is 10.9 Å². The zero-order chi connectivity index (χ0) is 11.9. The molecule has 0 amide bonds. The fraction of sp³-hybridized carbons (Fsp3) is 0.273. The molecule has 2 aromatic rings. The second-order valence-corrected chi connectivity index (χ2v) is 6.11. The Morgan fingerprint density at radius 2 is 2.00 bits per heavy atom. The summed E-state index contributed by atoms with van der Waals surface area (Å²) in [5.41, 5.74) is 1.50. The maximum Gasteiger partial charge on any atom is 0.153 e. The van der Waals surface area contributed by atoms with Gasteiger partial charge in [0.05, 0.1) is 5.75 Å². The third-order valence-corrected chi connectivity index (χ3v) is 3.33. The summed E-state index contributed by atoms with van der Waals surface area (Å²) in [5.74, 6) is -0.344. The average Bonchev–Trinajstić information content (AvgIpc) is 2.40. The van der Waals surface area contributed by atoms with Gasteiger partial charge in [-0.15, -0.1) is 0 Å². The first-order valence-corrected chi connectivity index (χ1v) is 6.84. The molecule has 0 radical (unpaired) electrons. The molecule has 2 rings (SSSR count). The topological polar surface area (TPSA) is 39.1 Å². The van der Waals surface area contributed by atoms with Gasteiger partial charge in [-0.3, -0.25) is 0 Å². The van der Waals surface area contributed by atoms with E-state index < -0.39 is 9.84 Å². The van der Waals surface area contributed by atoms with Gasteiger partial charge < -0.3 is 4.57 Å². The van der Waals surface area contributed by atoms with Gasteiger partial charge in [-0.05, 0) is 24.3 Å². The van der Waals surface area contributed by atoms with E-state index in [4.69, 9.17) is 0 Å². The summed E-state index contributed by atoms with van der Waals surface area (Å²) in [6.07, 6.45) is 1.19. The molecule has 0 aliphatic carbocycles. The van der Waals surface area contributed by atoms with Crippen molar-refractivity contribution in [2.24, 2.45) is 7.05 Å². The number of rotatable bonds is 2. The van der Waals surface area contributed by atoms with Gasteiger partial charge in [0.2, 0.25) is 0 Å². The number of aromatic nitrogens is 1. The molecule has 0 saturated carbocycles. The van der Waals surface area contributed by atoms with E-state index in [9.17, 15) is 12.8 Å². The summed E-state index contributed by atoms with van der Waals surface area (Å²) in [7, 11) is -1.29. The monoisotopic (exact) mass is 241 g/mol. The fourth-order valence-corrected chi connectivity index (χ4v) is 2.60. The van der Waals surface area contributed by atoms with Crippen LogP contribution in [0.5, 0.6) is 0 Å². The van der Waals surface area contributed by atoms with E-state index >= 15 is 0 Å². The Balaban J connectivity index is 2.60. The highest BCUT2D eigenvalue weighted by atomic mass is 32.2. The first kappa shape index (κ1) is 11.1. The van der Waals surface area contributed by atoms with Crippen LogP contribution in [0.3, 0.4) is 0 Å². The maximum absolute atomic E-state index is 13.0. The number of hydrogen-bond donors (Lipinski definition) is 0. The Labute approximate surface area is 93.4 Å². The van der Waals surface area contributed by atoms with Crippen LogP contribution in [-0.4, -0.2) is 19.2 Å². The van der Waals surface area contributed by atoms with Gasteiger partial charge in [-0.25, -0.2) is 12.8 Å². The second kappa shape index (κ2) is 3.59. The summed E-state index contributed by atoms with van der Waals surface area (Å²) >= 11 is 0. The van der Waals surface area contributed by atoms with Crippen molar-refractivity contribution >= 4 is 20.7 Å². The maximum atomic E-state index is 13.0. The molecule has 0 bridgehead atoms. The van der Waals surface area contributed by atoms with Gasteiger partial charge in [-0.1, -0.05) is 0 Å². The van der Waals surface area contributed by atoms with Crippen LogP contribution >= 0.6 is 0 Å². The molecule has 86 valence electrons. The van der Waals surface area contributed by atoms with Crippen LogP contribution in [0.2, 0.25) is 0 Å². The molecule has 3 nitrogen and oxygen atoms in total. The van der Waals surface area contributed by atoms with Crippen molar-refractivity contribution < 1.29 is 12.8 Å². The molecule has 16 heavy (non-hydrogen) atoms. The van der Waals surface area contributed by atoms with Crippen LogP contribution in [-0.2, 0) is 22.6 Å². The predicted octanol–water partition coefficient (Wildman–Crippen LogP) is 1.86. The van der Waals surface area contributed by atoms with Crippen molar-refractivity contribution in [1.29, 1.82) is 0 Å². The lowest BCUT2D eigenvalue weighted by Gasteiger charge is -2.02. The van der Waals surface area contributed by atoms with Crippen LogP contribution < -0.4 is 0 Å². The van der Waals surface area contributed by atoms with Gasteiger partial charge in [0.25, 0.3) is 0 Å². The first-order chi connectivity index (χ1) is 7.37. The summed E-state index contributed by atoms with van der Waals surface area (Å²) in [4.78, 5) is 0. The molecule has 1 aromatic heterocycles. The molecule has 0 saturated heterocycles. The Hall–Kier alpha value is -1.36. The van der Waals surface area contributed by atoms with Crippen LogP contribution in [0, 0.1) is 5.82 Å². The molecule has 1 aromatic carbocycles. The quantitative estimate of drug-likeness (QED) is 0.805. The first-order valence-electron chi connectivity index (χ1n) is 4.78. The zero-order valence-corrected chi connectivity index (χ0v) is 9.88. The van der Waals surface area contributed by atoms with Crippen molar-refractivity contribution in [2.75, 3.05) is 6.26 Å². The van der Waals surface area contributed by atoms with E-state index in [0.29, 0.717) is 5.69 Å². The summed E-state index contributed by atoms with van der Waals surface area (Å²) in [6.45, 7) is 0. The smallest absolute Gasteiger partial charge is 0.153 e. The fourth-order valence-electron chi connectivity index (χ4n) is 1.78. The second-order valence-electron chi connectivity index (χ2n) is 3.97. The number of fused-ring (bicyclic) bond motifs is 1. The molecule has 0 unspecified atom stereocenters. The normalized spacial score (nSPS) is 12.2. The predicted molar refractivity (Wildman–Crippen MR) is 61.4 cm³/mol. The van der Waals surface area contributed by atoms with Crippen molar-refractivity contribution in [3.05, 3.63) is 35.8 Å². The van der Waals surface area contributed by atoms with Crippen molar-refractivity contribution in [2.45, 2.75) is 5.75 Å². The van der Waals surface area contributed by atoms with Gasteiger partial charge in [0.1, 0.15) is 5.82 Å². The molecule has 0 atom stereocenters. The lowest BCUT2D eigenvalue weighted by Crippen LogP contribution is -2.05. The van der Waals surface area contributed by atoms with Crippen molar-refractivity contribution in [1.82, 2.24) is 4.57 Å². The van der Waals surface area contributed by atoms with Gasteiger partial charge in [0, 0.05) is 29.9 Å². The molecule has 1 heterocycles. The molecule has 0 N–H and O–H groups in total. The number of hydrogen-bond acceptors (Lipinski definition) is 2. The molecular weight excluding hydrogens is 229 g/mol. The Bertz CT molecular complexity index is 643. The SMILES string of the molecule is Cn1c(CS(C)(=O)=O)cc2cc(F)ccc21. The Morgan fingerprint density at radius 1 is 1.31 bits per heavy atom. The molecule has 0 aliphatic heterocycles. The number of halogens is 1. The Morgan fingerprint density at radius 3 is 2.62 bits per heavy atom. The minimum absolute atomic E-state index is 0.0280. The standard InChI is InChI=1S/C11H12FNO2S/c1-13-10(7-16(2,14)15)6-8-5-9(12)3-4-11(8)13/h3-6H,7H2,1-2H3. The molecule has 0 aliphatic rings. The molecular formula is C11H12FNO2S. The van der Waals surface area contributed by atoms with Crippen LogP contribution in [0.1, 0.15) is 5.69 Å². The Kier molecular flexibility index (Phi) is 2.50. The van der Waals surface area contributed by atoms with E-state index in [1.807, 2.05) is 0 Å². The van der Waals surface area contributed by atoms with Crippen molar-refractivity contribution in [3.63, 3.8) is 0 Å². The van der Waals surface area contributed by atoms with Crippen LogP contribution in [0.4, 0.5) is 4.39 Å². The molecule has 5 heteroatoms. The minimum Gasteiger partial charge on any atom is -0.347 e. The highest BCUT2D eigenvalue weighted by Gasteiger charge is 2.11. The highest BCUT2D eigenvalue weighted by Crippen LogP contribution is 2.20. The van der Waals surface area contributed by atoms with Crippen molar-refractivity contribution in [3.8, 4) is 0 Å². The third-order valence-electron chi connectivity index (χ3n) is 2.51. The summed E-state index contributed by atoms with van der Waals surface area (Å²) in [6, 6.07) is 6.13. The molecule has 0 fully saturated rings. The van der Waals surface area contributed by atoms with E-state index in [1.54, 1.807) is 23.7 Å². The summed E-state index contributed by atoms with van der Waals surface area (Å²) < 4.78 is 37.2. The number of benzene rings is 1. The lowest BCUT2D eigenvalue weighted by molar-refractivity contribution is 0.599. The number of nitrogens with zero attached hydrogens (tertiary/aromatic N) is 1. The molecule has 0 spiro atoms. The highest BCUT2D eigenvalue weighted by molar-refractivity contribution is 7.89. The van der Waals surface area contributed by atoms with Gasteiger partial charge >= 0.3 is 0 Å². The number of sulfone groups is 1.